The molecule has 0 bridgehead atoms. The molecule has 1 fully saturated rings. The summed E-state index contributed by atoms with van der Waals surface area (Å²) in [6.45, 7) is 1.16. The summed E-state index contributed by atoms with van der Waals surface area (Å²) in [5.74, 6) is -0.425. The second kappa shape index (κ2) is 10.5. The molecule has 1 N–H and O–H groups in total. The van der Waals surface area contributed by atoms with Gasteiger partial charge < -0.3 is 4.74 Å². The van der Waals surface area contributed by atoms with Gasteiger partial charge in [0.2, 0.25) is 0 Å². The first-order chi connectivity index (χ1) is 15.9. The lowest BCUT2D eigenvalue weighted by Gasteiger charge is -2.31. The van der Waals surface area contributed by atoms with Crippen molar-refractivity contribution < 1.29 is 18.7 Å². The first-order valence-corrected chi connectivity index (χ1v) is 11.3. The van der Waals surface area contributed by atoms with Crippen molar-refractivity contribution in [2.24, 2.45) is 5.92 Å². The summed E-state index contributed by atoms with van der Waals surface area (Å²) in [6, 6.07) is 12.9. The SMILES string of the molecule is O=C(COc1ccc(Cl)c(F)c1)CC1CCN(NC(=O)c2ccc3cc(Cl)ccc3n2)CC1. The number of aromatic nitrogens is 1. The number of amides is 1. The Labute approximate surface area is 200 Å². The predicted octanol–water partition coefficient (Wildman–Crippen LogP) is 5.08. The number of pyridine rings is 1. The van der Waals surface area contributed by atoms with Gasteiger partial charge in [-0.2, -0.15) is 0 Å². The molecule has 0 atom stereocenters. The maximum absolute atomic E-state index is 13.5. The van der Waals surface area contributed by atoms with E-state index in [9.17, 15) is 14.0 Å². The molecule has 4 rings (SSSR count). The van der Waals surface area contributed by atoms with Crippen LogP contribution in [-0.2, 0) is 4.79 Å². The van der Waals surface area contributed by atoms with Crippen LogP contribution in [-0.4, -0.2) is 41.4 Å². The number of carbonyl (C=O) groups is 2. The van der Waals surface area contributed by atoms with Crippen LogP contribution in [0.3, 0.4) is 0 Å². The van der Waals surface area contributed by atoms with Gasteiger partial charge in [0.25, 0.3) is 5.91 Å². The lowest BCUT2D eigenvalue weighted by Crippen LogP contribution is -2.47. The van der Waals surface area contributed by atoms with Crippen molar-refractivity contribution in [3.63, 3.8) is 0 Å². The summed E-state index contributed by atoms with van der Waals surface area (Å²) in [5.41, 5.74) is 3.92. The van der Waals surface area contributed by atoms with E-state index in [1.807, 2.05) is 11.1 Å². The number of carbonyl (C=O) groups excluding carboxylic acids is 2. The molecule has 0 radical (unpaired) electrons. The van der Waals surface area contributed by atoms with Gasteiger partial charge in [-0.3, -0.25) is 15.0 Å². The fourth-order valence-electron chi connectivity index (χ4n) is 3.78. The van der Waals surface area contributed by atoms with E-state index in [2.05, 4.69) is 10.4 Å². The van der Waals surface area contributed by atoms with Crippen molar-refractivity contribution in [1.29, 1.82) is 0 Å². The number of hydrogen-bond acceptors (Lipinski definition) is 5. The van der Waals surface area contributed by atoms with Gasteiger partial charge in [0, 0.05) is 36.0 Å². The van der Waals surface area contributed by atoms with Gasteiger partial charge >= 0.3 is 0 Å². The molecule has 6 nitrogen and oxygen atoms in total. The number of hydrogen-bond donors (Lipinski definition) is 1. The number of nitrogens with one attached hydrogen (secondary N) is 1. The van der Waals surface area contributed by atoms with Gasteiger partial charge in [-0.1, -0.05) is 29.3 Å². The van der Waals surface area contributed by atoms with E-state index >= 15 is 0 Å². The lowest BCUT2D eigenvalue weighted by molar-refractivity contribution is -0.122. The fraction of sp³-hybridized carbons (Fsp3) is 0.292. The van der Waals surface area contributed by atoms with E-state index in [-0.39, 0.29) is 35.0 Å². The van der Waals surface area contributed by atoms with E-state index in [1.165, 1.54) is 12.1 Å². The van der Waals surface area contributed by atoms with Crippen molar-refractivity contribution in [2.45, 2.75) is 19.3 Å². The molecule has 0 spiro atoms. The van der Waals surface area contributed by atoms with Gasteiger partial charge in [0.15, 0.2) is 5.78 Å². The number of ketones is 1. The lowest BCUT2D eigenvalue weighted by atomic mass is 9.92. The standard InChI is InChI=1S/C24H22Cl2FN3O3/c25-17-2-6-22-16(12-17)1-5-23(28-22)24(32)29-30-9-7-15(8-10-30)11-18(31)14-33-19-3-4-20(26)21(27)13-19/h1-6,12-13,15H,7-11,14H2,(H,29,32). The third kappa shape index (κ3) is 6.19. The molecule has 1 aromatic heterocycles. The largest absolute Gasteiger partial charge is 0.486 e. The Morgan fingerprint density at radius 3 is 2.64 bits per heavy atom. The van der Waals surface area contributed by atoms with Crippen molar-refractivity contribution in [1.82, 2.24) is 15.4 Å². The zero-order valence-corrected chi connectivity index (χ0v) is 19.2. The van der Waals surface area contributed by atoms with Gasteiger partial charge in [-0.25, -0.2) is 14.4 Å². The maximum atomic E-state index is 13.5. The summed E-state index contributed by atoms with van der Waals surface area (Å²) < 4.78 is 18.8. The average molecular weight is 490 g/mol. The maximum Gasteiger partial charge on any atom is 0.284 e. The highest BCUT2D eigenvalue weighted by Gasteiger charge is 2.23. The first kappa shape index (κ1) is 23.4. The Balaban J connectivity index is 1.22. The van der Waals surface area contributed by atoms with Crippen LogP contribution >= 0.6 is 23.2 Å². The van der Waals surface area contributed by atoms with Crippen molar-refractivity contribution in [3.8, 4) is 5.75 Å². The molecular formula is C24H22Cl2FN3O3. The number of nitrogens with zero attached hydrogens (tertiary/aromatic N) is 2. The number of ether oxygens (including phenoxy) is 1. The Morgan fingerprint density at radius 1 is 1.09 bits per heavy atom. The van der Waals surface area contributed by atoms with Gasteiger partial charge in [0.1, 0.15) is 23.9 Å². The smallest absolute Gasteiger partial charge is 0.284 e. The van der Waals surface area contributed by atoms with E-state index in [0.29, 0.717) is 35.7 Å². The number of halogens is 3. The van der Waals surface area contributed by atoms with Crippen LogP contribution < -0.4 is 10.2 Å². The third-order valence-corrected chi connectivity index (χ3v) is 6.11. The molecule has 1 aliphatic rings. The zero-order chi connectivity index (χ0) is 23.4. The van der Waals surface area contributed by atoms with Gasteiger partial charge in [0.05, 0.1) is 10.5 Å². The molecule has 33 heavy (non-hydrogen) atoms. The topological polar surface area (TPSA) is 71.5 Å². The molecule has 2 heterocycles. The average Bonchev–Trinajstić information content (AvgIpc) is 2.80. The summed E-state index contributed by atoms with van der Waals surface area (Å²) in [6.07, 6.45) is 1.92. The number of fused-ring (bicyclic) bond motifs is 1. The van der Waals surface area contributed by atoms with Crippen LogP contribution in [0.1, 0.15) is 29.8 Å². The molecule has 172 valence electrons. The normalized spacial score (nSPS) is 14.9. The van der Waals surface area contributed by atoms with Crippen LogP contribution in [0.15, 0.2) is 48.5 Å². The van der Waals surface area contributed by atoms with E-state index in [0.717, 1.165) is 24.3 Å². The third-order valence-electron chi connectivity index (χ3n) is 5.57. The Kier molecular flexibility index (Phi) is 7.42. The molecular weight excluding hydrogens is 468 g/mol. The minimum atomic E-state index is -0.584. The molecule has 0 saturated carbocycles. The number of rotatable bonds is 7. The quantitative estimate of drug-likeness (QED) is 0.501. The van der Waals surface area contributed by atoms with Crippen LogP contribution in [0.2, 0.25) is 10.0 Å². The molecule has 0 unspecified atom stereocenters. The fourth-order valence-corrected chi connectivity index (χ4v) is 4.08. The highest BCUT2D eigenvalue weighted by Crippen LogP contribution is 2.23. The van der Waals surface area contributed by atoms with Crippen LogP contribution in [0.25, 0.3) is 10.9 Å². The van der Waals surface area contributed by atoms with Crippen LogP contribution in [0, 0.1) is 11.7 Å². The Hall–Kier alpha value is -2.74. The monoisotopic (exact) mass is 489 g/mol. The predicted molar refractivity (Wildman–Crippen MR) is 125 cm³/mol. The molecule has 1 aliphatic heterocycles. The summed E-state index contributed by atoms with van der Waals surface area (Å²) >= 11 is 11.6. The molecule has 3 aromatic rings. The van der Waals surface area contributed by atoms with Gasteiger partial charge in [-0.05, 0) is 55.2 Å². The number of piperidine rings is 1. The zero-order valence-electron chi connectivity index (χ0n) is 17.7. The second-order valence-corrected chi connectivity index (χ2v) is 8.86. The first-order valence-electron chi connectivity index (χ1n) is 10.6. The second-order valence-electron chi connectivity index (χ2n) is 8.01. The van der Waals surface area contributed by atoms with E-state index < -0.39 is 5.82 Å². The van der Waals surface area contributed by atoms with Crippen molar-refractivity contribution >= 4 is 45.8 Å². The minimum Gasteiger partial charge on any atom is -0.486 e. The van der Waals surface area contributed by atoms with Crippen LogP contribution in [0.5, 0.6) is 5.75 Å². The molecule has 0 aliphatic carbocycles. The summed E-state index contributed by atoms with van der Waals surface area (Å²) in [4.78, 5) is 29.3. The van der Waals surface area contributed by atoms with Gasteiger partial charge in [-0.15, -0.1) is 0 Å². The summed E-state index contributed by atoms with van der Waals surface area (Å²) in [5, 5.41) is 3.35. The number of Topliss-reactive ketones (excluding diaryl/α,β-unsaturated/α-hetero) is 1. The number of hydrazine groups is 1. The molecule has 9 heteroatoms. The molecule has 1 amide bonds. The summed E-state index contributed by atoms with van der Waals surface area (Å²) in [7, 11) is 0. The molecule has 1 saturated heterocycles. The van der Waals surface area contributed by atoms with Crippen molar-refractivity contribution in [2.75, 3.05) is 19.7 Å². The number of benzene rings is 2. The van der Waals surface area contributed by atoms with Crippen LogP contribution in [0.4, 0.5) is 4.39 Å². The highest BCUT2D eigenvalue weighted by molar-refractivity contribution is 6.31. The highest BCUT2D eigenvalue weighted by atomic mass is 35.5. The molecule has 2 aromatic carbocycles. The van der Waals surface area contributed by atoms with E-state index in [4.69, 9.17) is 27.9 Å². The Bertz CT molecular complexity index is 1180. The Morgan fingerprint density at radius 2 is 1.88 bits per heavy atom. The minimum absolute atomic E-state index is 0.00818. The van der Waals surface area contributed by atoms with E-state index in [1.54, 1.807) is 24.3 Å². The van der Waals surface area contributed by atoms with Crippen molar-refractivity contribution in [3.05, 3.63) is 70.1 Å².